The maximum atomic E-state index is 13.2. The van der Waals surface area contributed by atoms with Gasteiger partial charge in [0, 0.05) is 16.1 Å². The molecule has 100 valence electrons. The molecule has 0 aliphatic rings. The van der Waals surface area contributed by atoms with E-state index in [1.165, 1.54) is 24.5 Å². The Bertz CT molecular complexity index is 610. The predicted octanol–water partition coefficient (Wildman–Crippen LogP) is 3.19. The number of nitrogens with zero attached hydrogens (tertiary/aromatic N) is 3. The molecule has 0 radical (unpaired) electrons. The average molecular weight is 326 g/mol. The van der Waals surface area contributed by atoms with E-state index in [-0.39, 0.29) is 18.2 Å². The van der Waals surface area contributed by atoms with Gasteiger partial charge >= 0.3 is 0 Å². The first-order chi connectivity index (χ1) is 8.99. The fourth-order valence-electron chi connectivity index (χ4n) is 1.78. The second-order valence-electron chi connectivity index (χ2n) is 4.44. The van der Waals surface area contributed by atoms with E-state index in [0.717, 1.165) is 0 Å². The van der Waals surface area contributed by atoms with Gasteiger partial charge in [0.05, 0.1) is 6.42 Å². The van der Waals surface area contributed by atoms with Gasteiger partial charge in [-0.25, -0.2) is 14.1 Å². The van der Waals surface area contributed by atoms with E-state index in [1.807, 2.05) is 13.8 Å². The summed E-state index contributed by atoms with van der Waals surface area (Å²) in [7, 11) is 0. The normalized spacial score (nSPS) is 11.0. The van der Waals surface area contributed by atoms with Gasteiger partial charge in [-0.15, -0.1) is 0 Å². The van der Waals surface area contributed by atoms with Crippen molar-refractivity contribution in [2.75, 3.05) is 0 Å². The number of aromatic nitrogens is 3. The number of benzene rings is 1. The quantitative estimate of drug-likeness (QED) is 0.811. The van der Waals surface area contributed by atoms with E-state index in [2.05, 4.69) is 26.0 Å². The zero-order chi connectivity index (χ0) is 14.0. The summed E-state index contributed by atoms with van der Waals surface area (Å²) < 4.78 is 15.5. The van der Waals surface area contributed by atoms with Gasteiger partial charge in [0.1, 0.15) is 18.0 Å². The molecule has 19 heavy (non-hydrogen) atoms. The van der Waals surface area contributed by atoms with Gasteiger partial charge in [-0.1, -0.05) is 15.9 Å². The first-order valence-electron chi connectivity index (χ1n) is 5.85. The van der Waals surface area contributed by atoms with Crippen LogP contribution in [0.15, 0.2) is 29.0 Å². The van der Waals surface area contributed by atoms with Gasteiger partial charge < -0.3 is 0 Å². The van der Waals surface area contributed by atoms with Crippen LogP contribution in [-0.4, -0.2) is 20.5 Å². The SMILES string of the molecule is CC(C)n1ncnc1CC(=O)c1cc(F)ccc1Br. The summed E-state index contributed by atoms with van der Waals surface area (Å²) in [5.74, 6) is -0.0469. The zero-order valence-corrected chi connectivity index (χ0v) is 12.2. The third-order valence-corrected chi connectivity index (χ3v) is 3.38. The van der Waals surface area contributed by atoms with E-state index in [0.29, 0.717) is 15.9 Å². The highest BCUT2D eigenvalue weighted by Gasteiger charge is 2.16. The molecule has 0 aliphatic carbocycles. The van der Waals surface area contributed by atoms with Crippen LogP contribution in [0.3, 0.4) is 0 Å². The molecule has 2 rings (SSSR count). The van der Waals surface area contributed by atoms with E-state index in [1.54, 1.807) is 4.68 Å². The number of carbonyl (C=O) groups excluding carboxylic acids is 1. The van der Waals surface area contributed by atoms with E-state index >= 15 is 0 Å². The zero-order valence-electron chi connectivity index (χ0n) is 10.6. The van der Waals surface area contributed by atoms with E-state index < -0.39 is 5.82 Å². The molecule has 1 heterocycles. The molecule has 0 unspecified atom stereocenters. The number of rotatable bonds is 4. The van der Waals surface area contributed by atoms with Crippen molar-refractivity contribution in [3.05, 3.63) is 46.2 Å². The standard InChI is InChI=1S/C13H13BrFN3O/c1-8(2)18-13(16-7-17-18)6-12(19)10-5-9(15)3-4-11(10)14/h3-5,7-8H,6H2,1-2H3. The molecule has 0 fully saturated rings. The van der Waals surface area contributed by atoms with Crippen molar-refractivity contribution in [3.63, 3.8) is 0 Å². The minimum absolute atomic E-state index is 0.0975. The number of Topliss-reactive ketones (excluding diaryl/α,β-unsaturated/α-hetero) is 1. The smallest absolute Gasteiger partial charge is 0.171 e. The molecule has 0 amide bonds. The van der Waals surface area contributed by atoms with Crippen LogP contribution in [0.4, 0.5) is 4.39 Å². The molecule has 0 atom stereocenters. The second-order valence-corrected chi connectivity index (χ2v) is 5.29. The van der Waals surface area contributed by atoms with Crippen molar-refractivity contribution in [1.29, 1.82) is 0 Å². The first kappa shape index (κ1) is 13.9. The summed E-state index contributed by atoms with van der Waals surface area (Å²) in [5.41, 5.74) is 0.318. The summed E-state index contributed by atoms with van der Waals surface area (Å²) in [6.45, 7) is 3.92. The largest absolute Gasteiger partial charge is 0.294 e. The Balaban J connectivity index is 2.26. The predicted molar refractivity (Wildman–Crippen MR) is 72.5 cm³/mol. The molecule has 0 saturated carbocycles. The summed E-state index contributed by atoms with van der Waals surface area (Å²) in [4.78, 5) is 16.3. The van der Waals surface area contributed by atoms with Crippen LogP contribution in [0.25, 0.3) is 0 Å². The van der Waals surface area contributed by atoms with Crippen LogP contribution in [0.1, 0.15) is 36.1 Å². The minimum atomic E-state index is -0.433. The molecule has 0 bridgehead atoms. The van der Waals surface area contributed by atoms with Crippen molar-refractivity contribution in [1.82, 2.24) is 14.8 Å². The maximum Gasteiger partial charge on any atom is 0.171 e. The Morgan fingerprint density at radius 1 is 1.47 bits per heavy atom. The molecule has 1 aromatic carbocycles. The summed E-state index contributed by atoms with van der Waals surface area (Å²) in [6, 6.07) is 4.18. The van der Waals surface area contributed by atoms with Gasteiger partial charge in [-0.05, 0) is 32.0 Å². The van der Waals surface area contributed by atoms with Crippen molar-refractivity contribution >= 4 is 21.7 Å². The number of carbonyl (C=O) groups is 1. The van der Waals surface area contributed by atoms with Gasteiger partial charge in [0.25, 0.3) is 0 Å². The lowest BCUT2D eigenvalue weighted by Crippen LogP contribution is -2.13. The van der Waals surface area contributed by atoms with Gasteiger partial charge in [0.2, 0.25) is 0 Å². The summed E-state index contributed by atoms with van der Waals surface area (Å²) in [6.07, 6.45) is 1.52. The molecule has 0 N–H and O–H groups in total. The number of hydrogen-bond donors (Lipinski definition) is 0. The highest BCUT2D eigenvalue weighted by Crippen LogP contribution is 2.20. The van der Waals surface area contributed by atoms with Crippen molar-refractivity contribution in [2.45, 2.75) is 26.3 Å². The Morgan fingerprint density at radius 3 is 2.89 bits per heavy atom. The molecular formula is C13H13BrFN3O. The first-order valence-corrected chi connectivity index (χ1v) is 6.65. The van der Waals surface area contributed by atoms with Crippen LogP contribution in [0, 0.1) is 5.82 Å². The number of halogens is 2. The molecule has 0 aliphatic heterocycles. The fourth-order valence-corrected chi connectivity index (χ4v) is 2.25. The van der Waals surface area contributed by atoms with E-state index in [9.17, 15) is 9.18 Å². The molecule has 0 saturated heterocycles. The molecule has 4 nitrogen and oxygen atoms in total. The monoisotopic (exact) mass is 325 g/mol. The lowest BCUT2D eigenvalue weighted by molar-refractivity contribution is 0.0988. The molecule has 1 aromatic heterocycles. The lowest BCUT2D eigenvalue weighted by Gasteiger charge is -2.09. The Labute approximate surface area is 118 Å². The fraction of sp³-hybridized carbons (Fsp3) is 0.308. The molecule has 2 aromatic rings. The van der Waals surface area contributed by atoms with Gasteiger partial charge in [0.15, 0.2) is 5.78 Å². The van der Waals surface area contributed by atoms with Crippen LogP contribution in [0.5, 0.6) is 0 Å². The van der Waals surface area contributed by atoms with Crippen LogP contribution >= 0.6 is 15.9 Å². The molecule has 0 spiro atoms. The van der Waals surface area contributed by atoms with Crippen LogP contribution < -0.4 is 0 Å². The van der Waals surface area contributed by atoms with Crippen molar-refractivity contribution in [2.24, 2.45) is 0 Å². The third-order valence-electron chi connectivity index (χ3n) is 2.68. The Morgan fingerprint density at radius 2 is 2.21 bits per heavy atom. The second kappa shape index (κ2) is 5.61. The third kappa shape index (κ3) is 3.07. The Hall–Kier alpha value is -1.56. The molecular weight excluding hydrogens is 313 g/mol. The van der Waals surface area contributed by atoms with Crippen LogP contribution in [0.2, 0.25) is 0 Å². The van der Waals surface area contributed by atoms with Crippen LogP contribution in [-0.2, 0) is 6.42 Å². The Kier molecular flexibility index (Phi) is 4.09. The average Bonchev–Trinajstić information content (AvgIpc) is 2.80. The molecule has 6 heteroatoms. The summed E-state index contributed by atoms with van der Waals surface area (Å²) in [5, 5.41) is 4.07. The van der Waals surface area contributed by atoms with Gasteiger partial charge in [-0.3, -0.25) is 4.79 Å². The number of ketones is 1. The minimum Gasteiger partial charge on any atom is -0.294 e. The van der Waals surface area contributed by atoms with Crippen molar-refractivity contribution < 1.29 is 9.18 Å². The van der Waals surface area contributed by atoms with Gasteiger partial charge in [-0.2, -0.15) is 5.10 Å². The lowest BCUT2D eigenvalue weighted by atomic mass is 10.1. The highest BCUT2D eigenvalue weighted by atomic mass is 79.9. The topological polar surface area (TPSA) is 47.8 Å². The highest BCUT2D eigenvalue weighted by molar-refractivity contribution is 9.10. The number of hydrogen-bond acceptors (Lipinski definition) is 3. The van der Waals surface area contributed by atoms with E-state index in [4.69, 9.17) is 0 Å². The maximum absolute atomic E-state index is 13.2. The van der Waals surface area contributed by atoms with Crippen molar-refractivity contribution in [3.8, 4) is 0 Å². The summed E-state index contributed by atoms with van der Waals surface area (Å²) >= 11 is 3.25.